The van der Waals surface area contributed by atoms with Gasteiger partial charge in [-0.15, -0.1) is 0 Å². The lowest BCUT2D eigenvalue weighted by molar-refractivity contribution is -0.299. The number of rotatable bonds is 7. The Morgan fingerprint density at radius 3 is 2.69 bits per heavy atom. The molecule has 0 bridgehead atoms. The van der Waals surface area contributed by atoms with Gasteiger partial charge in [0.2, 0.25) is 0 Å². The van der Waals surface area contributed by atoms with Crippen molar-refractivity contribution in [1.82, 2.24) is 5.32 Å². The van der Waals surface area contributed by atoms with Crippen LogP contribution in [0.15, 0.2) is 11.6 Å². The molecule has 0 saturated carbocycles. The van der Waals surface area contributed by atoms with Crippen LogP contribution < -0.4 is 10.4 Å². The number of carboxylic acid groups (broad SMARTS) is 1. The van der Waals surface area contributed by atoms with E-state index in [2.05, 4.69) is 12.2 Å². The fourth-order valence-corrected chi connectivity index (χ4v) is 0.931. The van der Waals surface area contributed by atoms with E-state index in [0.29, 0.717) is 5.57 Å². The summed E-state index contributed by atoms with van der Waals surface area (Å²) >= 11 is 0. The highest BCUT2D eigenvalue weighted by molar-refractivity contribution is 5.83. The highest BCUT2D eigenvalue weighted by atomic mass is 16.4. The number of carboxylic acids is 1. The number of aliphatic carboxylic acids is 1. The van der Waals surface area contributed by atoms with E-state index in [9.17, 15) is 9.90 Å². The molecule has 0 rings (SSSR count). The Morgan fingerprint density at radius 2 is 2.15 bits per heavy atom. The second kappa shape index (κ2) is 7.80. The number of nitrogens with one attached hydrogen (secondary N) is 1. The molecule has 0 aromatic carbocycles. The van der Waals surface area contributed by atoms with E-state index < -0.39 is 5.97 Å². The van der Waals surface area contributed by atoms with Gasteiger partial charge in [0.25, 0.3) is 0 Å². The largest absolute Gasteiger partial charge is 0.545 e. The molecule has 0 aliphatic heterocycles. The standard InChI is InChI=1S/C10H19NO2/c1-3-7-11-8-5-4-6-9(2)10(12)13/h6,11H,3-5,7-8H2,1-2H3,(H,12,13)/p-1/b9-6+. The van der Waals surface area contributed by atoms with Crippen LogP contribution in [-0.4, -0.2) is 19.1 Å². The van der Waals surface area contributed by atoms with Crippen molar-refractivity contribution < 1.29 is 9.90 Å². The van der Waals surface area contributed by atoms with Crippen LogP contribution in [0.1, 0.15) is 33.1 Å². The summed E-state index contributed by atoms with van der Waals surface area (Å²) in [5.41, 5.74) is 0.329. The van der Waals surface area contributed by atoms with E-state index in [1.54, 1.807) is 13.0 Å². The van der Waals surface area contributed by atoms with Crippen molar-refractivity contribution in [3.63, 3.8) is 0 Å². The molecule has 0 aromatic rings. The highest BCUT2D eigenvalue weighted by Gasteiger charge is 1.89. The van der Waals surface area contributed by atoms with Crippen LogP contribution in [0, 0.1) is 0 Å². The molecule has 0 heterocycles. The molecule has 13 heavy (non-hydrogen) atoms. The summed E-state index contributed by atoms with van der Waals surface area (Å²) in [7, 11) is 0. The first-order valence-electron chi connectivity index (χ1n) is 4.77. The minimum absolute atomic E-state index is 0.329. The lowest BCUT2D eigenvalue weighted by Gasteiger charge is -2.02. The average Bonchev–Trinajstić information content (AvgIpc) is 2.10. The number of unbranched alkanes of at least 4 members (excludes halogenated alkanes) is 1. The summed E-state index contributed by atoms with van der Waals surface area (Å²) in [4.78, 5) is 10.3. The van der Waals surface area contributed by atoms with Gasteiger partial charge in [0.05, 0.1) is 5.97 Å². The summed E-state index contributed by atoms with van der Waals surface area (Å²) in [6.45, 7) is 5.66. The molecule has 0 atom stereocenters. The van der Waals surface area contributed by atoms with Crippen LogP contribution in [0.3, 0.4) is 0 Å². The monoisotopic (exact) mass is 184 g/mol. The van der Waals surface area contributed by atoms with E-state index in [0.717, 1.165) is 32.4 Å². The molecule has 0 aliphatic rings. The van der Waals surface area contributed by atoms with Gasteiger partial charge in [-0.2, -0.15) is 0 Å². The van der Waals surface area contributed by atoms with Crippen molar-refractivity contribution in [1.29, 1.82) is 0 Å². The summed E-state index contributed by atoms with van der Waals surface area (Å²) in [6.07, 6.45) is 4.62. The zero-order valence-electron chi connectivity index (χ0n) is 8.43. The molecule has 0 saturated heterocycles. The van der Waals surface area contributed by atoms with Gasteiger partial charge in [-0.25, -0.2) is 0 Å². The molecule has 0 unspecified atom stereocenters. The third-order valence-corrected chi connectivity index (χ3v) is 1.76. The topological polar surface area (TPSA) is 52.2 Å². The summed E-state index contributed by atoms with van der Waals surface area (Å²) in [6, 6.07) is 0. The molecule has 0 spiro atoms. The summed E-state index contributed by atoms with van der Waals surface area (Å²) in [5.74, 6) is -1.07. The first-order valence-corrected chi connectivity index (χ1v) is 4.77. The highest BCUT2D eigenvalue weighted by Crippen LogP contribution is 1.96. The van der Waals surface area contributed by atoms with E-state index in [1.807, 2.05) is 0 Å². The minimum Gasteiger partial charge on any atom is -0.545 e. The average molecular weight is 184 g/mol. The molecule has 0 radical (unpaired) electrons. The maximum Gasteiger partial charge on any atom is 0.0668 e. The van der Waals surface area contributed by atoms with Gasteiger partial charge in [0.15, 0.2) is 0 Å². The number of hydrogen-bond acceptors (Lipinski definition) is 3. The molecule has 0 aliphatic carbocycles. The van der Waals surface area contributed by atoms with Crippen LogP contribution in [-0.2, 0) is 4.79 Å². The molecular weight excluding hydrogens is 166 g/mol. The molecule has 3 heteroatoms. The van der Waals surface area contributed by atoms with Crippen LogP contribution in [0.5, 0.6) is 0 Å². The molecule has 76 valence electrons. The predicted molar refractivity (Wildman–Crippen MR) is 51.2 cm³/mol. The molecule has 1 N–H and O–H groups in total. The zero-order chi connectivity index (χ0) is 10.1. The number of carbonyl (C=O) groups is 1. The zero-order valence-corrected chi connectivity index (χ0v) is 8.43. The third kappa shape index (κ3) is 7.53. The van der Waals surface area contributed by atoms with Gasteiger partial charge in [-0.05, 0) is 44.8 Å². The van der Waals surface area contributed by atoms with E-state index >= 15 is 0 Å². The maximum absolute atomic E-state index is 10.3. The maximum atomic E-state index is 10.3. The Hall–Kier alpha value is -0.830. The first kappa shape index (κ1) is 12.2. The fourth-order valence-electron chi connectivity index (χ4n) is 0.931. The predicted octanol–water partition coefficient (Wildman–Crippen LogP) is 0.462. The van der Waals surface area contributed by atoms with Crippen molar-refractivity contribution >= 4 is 5.97 Å². The fraction of sp³-hybridized carbons (Fsp3) is 0.700. The van der Waals surface area contributed by atoms with Crippen molar-refractivity contribution in [2.45, 2.75) is 33.1 Å². The van der Waals surface area contributed by atoms with Crippen molar-refractivity contribution in [2.75, 3.05) is 13.1 Å². The lowest BCUT2D eigenvalue weighted by Crippen LogP contribution is -2.23. The molecular formula is C10H18NO2-. The second-order valence-corrected chi connectivity index (χ2v) is 3.07. The third-order valence-electron chi connectivity index (χ3n) is 1.76. The number of allylic oxidation sites excluding steroid dienone is 1. The van der Waals surface area contributed by atoms with E-state index in [1.165, 1.54) is 0 Å². The van der Waals surface area contributed by atoms with Crippen LogP contribution in [0.25, 0.3) is 0 Å². The molecule has 0 fully saturated rings. The van der Waals surface area contributed by atoms with Crippen LogP contribution >= 0.6 is 0 Å². The smallest absolute Gasteiger partial charge is 0.0668 e. The quantitative estimate of drug-likeness (QED) is 0.462. The van der Waals surface area contributed by atoms with E-state index in [-0.39, 0.29) is 0 Å². The van der Waals surface area contributed by atoms with Gasteiger partial charge >= 0.3 is 0 Å². The molecule has 0 aromatic heterocycles. The molecule has 3 nitrogen and oxygen atoms in total. The second-order valence-electron chi connectivity index (χ2n) is 3.07. The van der Waals surface area contributed by atoms with Gasteiger partial charge < -0.3 is 15.2 Å². The Kier molecular flexibility index (Phi) is 7.30. The van der Waals surface area contributed by atoms with Crippen molar-refractivity contribution in [3.8, 4) is 0 Å². The number of hydrogen-bond donors (Lipinski definition) is 1. The molecule has 0 amide bonds. The Morgan fingerprint density at radius 1 is 1.46 bits per heavy atom. The van der Waals surface area contributed by atoms with Gasteiger partial charge in [-0.1, -0.05) is 13.0 Å². The normalized spacial score (nSPS) is 11.7. The number of carbonyl (C=O) groups excluding carboxylic acids is 1. The first-order chi connectivity index (χ1) is 6.18. The van der Waals surface area contributed by atoms with Gasteiger partial charge in [0, 0.05) is 0 Å². The summed E-state index contributed by atoms with van der Waals surface area (Å²) in [5, 5.41) is 13.5. The lowest BCUT2D eigenvalue weighted by atomic mass is 10.2. The van der Waals surface area contributed by atoms with Gasteiger partial charge in [0.1, 0.15) is 0 Å². The Bertz CT molecular complexity index is 176. The summed E-state index contributed by atoms with van der Waals surface area (Å²) < 4.78 is 0. The van der Waals surface area contributed by atoms with Crippen molar-refractivity contribution in [2.24, 2.45) is 0 Å². The SMILES string of the molecule is CCCNCCC/C=C(\C)C(=O)[O-]. The van der Waals surface area contributed by atoms with Crippen LogP contribution in [0.4, 0.5) is 0 Å². The van der Waals surface area contributed by atoms with Crippen molar-refractivity contribution in [3.05, 3.63) is 11.6 Å². The van der Waals surface area contributed by atoms with Gasteiger partial charge in [-0.3, -0.25) is 0 Å². The Labute approximate surface area is 79.8 Å². The Balaban J connectivity index is 3.34. The van der Waals surface area contributed by atoms with E-state index in [4.69, 9.17) is 0 Å². The minimum atomic E-state index is -1.07. The van der Waals surface area contributed by atoms with Crippen LogP contribution in [0.2, 0.25) is 0 Å².